The number of hydrogen-bond donors (Lipinski definition) is 3. The lowest BCUT2D eigenvalue weighted by molar-refractivity contribution is -0.101. The van der Waals surface area contributed by atoms with Crippen molar-refractivity contribution in [3.05, 3.63) is 52.9 Å². The number of anilines is 2. The average Bonchev–Trinajstić information content (AvgIpc) is 3.25. The van der Waals surface area contributed by atoms with Crippen LogP contribution in [0.1, 0.15) is 35.3 Å². The Balaban J connectivity index is 1.42. The van der Waals surface area contributed by atoms with Crippen LogP contribution in [0.3, 0.4) is 0 Å². The number of pyridine rings is 1. The molecule has 1 atom stereocenters. The Morgan fingerprint density at radius 2 is 2.16 bits per heavy atom. The molecule has 1 amide bonds. The maximum absolute atomic E-state index is 13.5. The van der Waals surface area contributed by atoms with Gasteiger partial charge < -0.3 is 34.6 Å². The number of H-pyrrole nitrogens is 1. The number of rotatable bonds is 7. The third-order valence-corrected chi connectivity index (χ3v) is 7.60. The molecule has 2 aliphatic heterocycles. The van der Waals surface area contributed by atoms with E-state index in [1.165, 1.54) is 0 Å². The molecule has 9 nitrogen and oxygen atoms in total. The van der Waals surface area contributed by atoms with E-state index in [-0.39, 0.29) is 17.6 Å². The Labute approximate surface area is 219 Å². The van der Waals surface area contributed by atoms with E-state index in [0.29, 0.717) is 59.9 Å². The highest BCUT2D eigenvalue weighted by Gasteiger charge is 2.45. The van der Waals surface area contributed by atoms with Gasteiger partial charge in [-0.25, -0.2) is 0 Å². The summed E-state index contributed by atoms with van der Waals surface area (Å²) in [6, 6.07) is 7.34. The topological polar surface area (TPSA) is 107 Å². The molecule has 1 saturated heterocycles. The van der Waals surface area contributed by atoms with Crippen molar-refractivity contribution in [2.45, 2.75) is 37.3 Å². The van der Waals surface area contributed by atoms with Crippen LogP contribution in [0.4, 0.5) is 11.4 Å². The zero-order valence-electron chi connectivity index (χ0n) is 20.6. The van der Waals surface area contributed by atoms with Gasteiger partial charge >= 0.3 is 0 Å². The lowest BCUT2D eigenvalue weighted by Crippen LogP contribution is -2.57. The number of methoxy groups -OCH3 is 1. The second-order valence-electron chi connectivity index (χ2n) is 9.69. The van der Waals surface area contributed by atoms with Gasteiger partial charge in [-0.05, 0) is 37.5 Å². The Bertz CT molecular complexity index is 1320. The summed E-state index contributed by atoms with van der Waals surface area (Å²) in [6.45, 7) is 1.95. The van der Waals surface area contributed by atoms with Crippen molar-refractivity contribution in [1.29, 1.82) is 0 Å². The van der Waals surface area contributed by atoms with Gasteiger partial charge in [0.15, 0.2) is 5.75 Å². The predicted molar refractivity (Wildman–Crippen MR) is 139 cm³/mol. The van der Waals surface area contributed by atoms with Crippen LogP contribution in [0.25, 0.3) is 11.3 Å². The van der Waals surface area contributed by atoms with Gasteiger partial charge in [0.25, 0.3) is 5.91 Å². The molecule has 3 aliphatic rings. The highest BCUT2D eigenvalue weighted by Crippen LogP contribution is 2.46. The quantitative estimate of drug-likeness (QED) is 0.418. The second kappa shape index (κ2) is 9.89. The molecule has 2 aromatic heterocycles. The number of benzene rings is 1. The van der Waals surface area contributed by atoms with Gasteiger partial charge in [-0.2, -0.15) is 0 Å². The molecule has 0 unspecified atom stereocenters. The summed E-state index contributed by atoms with van der Waals surface area (Å²) >= 11 is 6.40. The number of amides is 1. The zero-order chi connectivity index (χ0) is 25.4. The van der Waals surface area contributed by atoms with E-state index in [1.807, 2.05) is 18.2 Å². The first-order valence-corrected chi connectivity index (χ1v) is 12.9. The number of ether oxygens (including phenoxy) is 4. The van der Waals surface area contributed by atoms with Crippen molar-refractivity contribution >= 4 is 28.9 Å². The number of nitrogens with zero attached hydrogens (tertiary/aromatic N) is 1. The molecule has 1 aromatic carbocycles. The highest BCUT2D eigenvalue weighted by atomic mass is 35.5. The van der Waals surface area contributed by atoms with Crippen LogP contribution < -0.4 is 20.1 Å². The molecule has 6 rings (SSSR count). The van der Waals surface area contributed by atoms with Gasteiger partial charge in [0, 0.05) is 29.4 Å². The number of halogens is 1. The Morgan fingerprint density at radius 3 is 2.92 bits per heavy atom. The molecule has 4 heterocycles. The molecule has 3 aromatic rings. The molecular formula is C27H29ClN4O5. The van der Waals surface area contributed by atoms with Crippen LogP contribution in [0.2, 0.25) is 5.02 Å². The number of hydrogen-bond acceptors (Lipinski definition) is 7. The van der Waals surface area contributed by atoms with Crippen LogP contribution >= 0.6 is 11.6 Å². The minimum atomic E-state index is -0.173. The summed E-state index contributed by atoms with van der Waals surface area (Å²) in [7, 11) is 1.57. The van der Waals surface area contributed by atoms with Gasteiger partial charge in [-0.1, -0.05) is 17.7 Å². The standard InChI is InChI=1S/C27H29ClN4O5/c1-34-25-18(28)4-2-5-19(25)30-24-22-20(12-27(7-3-8-27)32-26(22)33)31-23(24)17-6-9-29-13-21(17)37-15-16-14-35-10-11-36-16/h2,4-6,9,13,16,30-31H,3,7-8,10-12,14-15H2,1H3,(H,32,33)/t16-/m0/s1. The highest BCUT2D eigenvalue weighted by molar-refractivity contribution is 6.32. The van der Waals surface area contributed by atoms with Crippen LogP contribution in [0, 0.1) is 0 Å². The SMILES string of the molecule is COc1c(Cl)cccc1Nc1c(-c2ccncc2OC[C@@H]2COCCO2)[nH]c2c1C(=O)NC1(CCC1)C2. The van der Waals surface area contributed by atoms with E-state index in [2.05, 4.69) is 20.6 Å². The van der Waals surface area contributed by atoms with Crippen molar-refractivity contribution in [3.63, 3.8) is 0 Å². The fourth-order valence-electron chi connectivity index (χ4n) is 5.32. The van der Waals surface area contributed by atoms with Crippen LogP contribution in [0.5, 0.6) is 11.5 Å². The molecule has 37 heavy (non-hydrogen) atoms. The minimum Gasteiger partial charge on any atom is -0.493 e. The first-order chi connectivity index (χ1) is 18.1. The summed E-state index contributed by atoms with van der Waals surface area (Å²) in [4.78, 5) is 21.3. The summed E-state index contributed by atoms with van der Waals surface area (Å²) in [5, 5.41) is 7.18. The van der Waals surface area contributed by atoms with Crippen molar-refractivity contribution < 1.29 is 23.7 Å². The predicted octanol–water partition coefficient (Wildman–Crippen LogP) is 4.49. The number of para-hydroxylation sites is 1. The van der Waals surface area contributed by atoms with Crippen molar-refractivity contribution in [1.82, 2.24) is 15.3 Å². The van der Waals surface area contributed by atoms with Crippen LogP contribution in [0.15, 0.2) is 36.7 Å². The number of fused-ring (bicyclic) bond motifs is 1. The Morgan fingerprint density at radius 1 is 1.27 bits per heavy atom. The molecule has 10 heteroatoms. The maximum Gasteiger partial charge on any atom is 0.255 e. The first kappa shape index (κ1) is 24.1. The molecule has 3 N–H and O–H groups in total. The summed E-state index contributed by atoms with van der Waals surface area (Å²) < 4.78 is 23.0. The van der Waals surface area contributed by atoms with Gasteiger partial charge in [0.2, 0.25) is 0 Å². The summed E-state index contributed by atoms with van der Waals surface area (Å²) in [5.41, 5.74) is 4.11. The smallest absolute Gasteiger partial charge is 0.255 e. The van der Waals surface area contributed by atoms with Crippen LogP contribution in [-0.4, -0.2) is 61.1 Å². The molecule has 0 bridgehead atoms. The largest absolute Gasteiger partial charge is 0.493 e. The summed E-state index contributed by atoms with van der Waals surface area (Å²) in [6.07, 6.45) is 7.04. The molecular weight excluding hydrogens is 496 g/mol. The van der Waals surface area contributed by atoms with E-state index in [9.17, 15) is 4.79 Å². The number of aromatic amines is 1. The zero-order valence-corrected chi connectivity index (χ0v) is 21.3. The second-order valence-corrected chi connectivity index (χ2v) is 10.1. The molecule has 1 spiro atoms. The lowest BCUT2D eigenvalue weighted by atomic mass is 9.71. The van der Waals surface area contributed by atoms with Crippen molar-refractivity contribution in [2.24, 2.45) is 0 Å². The van der Waals surface area contributed by atoms with Crippen molar-refractivity contribution in [3.8, 4) is 22.8 Å². The fraction of sp³-hybridized carbons (Fsp3) is 0.407. The fourth-order valence-corrected chi connectivity index (χ4v) is 5.57. The third kappa shape index (κ3) is 4.52. The van der Waals surface area contributed by atoms with E-state index in [0.717, 1.165) is 42.6 Å². The van der Waals surface area contributed by atoms with Crippen molar-refractivity contribution in [2.75, 3.05) is 38.9 Å². The van der Waals surface area contributed by atoms with Crippen LogP contribution in [-0.2, 0) is 15.9 Å². The monoisotopic (exact) mass is 524 g/mol. The lowest BCUT2D eigenvalue weighted by Gasteiger charge is -2.45. The minimum absolute atomic E-state index is 0.101. The van der Waals surface area contributed by atoms with E-state index < -0.39 is 0 Å². The maximum atomic E-state index is 13.5. The molecule has 1 saturated carbocycles. The molecule has 194 valence electrons. The molecule has 0 radical (unpaired) electrons. The van der Waals surface area contributed by atoms with E-state index in [4.69, 9.17) is 30.5 Å². The van der Waals surface area contributed by atoms with Gasteiger partial charge in [-0.15, -0.1) is 0 Å². The third-order valence-electron chi connectivity index (χ3n) is 7.30. The first-order valence-electron chi connectivity index (χ1n) is 12.5. The molecule has 1 aliphatic carbocycles. The Hall–Kier alpha value is -3.27. The normalized spacial score (nSPS) is 20.1. The number of nitrogens with one attached hydrogen (secondary N) is 3. The number of carbonyl (C=O) groups excluding carboxylic acids is 1. The van der Waals surface area contributed by atoms with E-state index >= 15 is 0 Å². The Kier molecular flexibility index (Phi) is 6.44. The average molecular weight is 525 g/mol. The van der Waals surface area contributed by atoms with E-state index in [1.54, 1.807) is 25.6 Å². The molecule has 2 fully saturated rings. The van der Waals surface area contributed by atoms with Gasteiger partial charge in [0.1, 0.15) is 18.5 Å². The number of aromatic nitrogens is 2. The van der Waals surface area contributed by atoms with Gasteiger partial charge in [0.05, 0.1) is 60.8 Å². The summed E-state index contributed by atoms with van der Waals surface area (Å²) in [5.74, 6) is 0.976. The number of carbonyl (C=O) groups is 1. The van der Waals surface area contributed by atoms with Gasteiger partial charge in [-0.3, -0.25) is 9.78 Å².